The first-order valence-electron chi connectivity index (χ1n) is 7.87. The van der Waals surface area contributed by atoms with Crippen LogP contribution in [-0.2, 0) is 16.1 Å². The minimum Gasteiger partial charge on any atom is -0.484 e. The quantitative estimate of drug-likeness (QED) is 0.807. The summed E-state index contributed by atoms with van der Waals surface area (Å²) in [5, 5.41) is 6.25. The fourth-order valence-electron chi connectivity index (χ4n) is 2.58. The summed E-state index contributed by atoms with van der Waals surface area (Å²) in [7, 11) is 0. The minimum absolute atomic E-state index is 0.0546. The molecule has 122 valence electrons. The standard InChI is InChI=1S/C17H26N2O3/c1-4-18-16(20)12-21-14-7-5-13(6-8-14)11-19-15-9-10-22-17(15,2)3/h5-8,15,19H,4,9-12H2,1-3H3,(H,18,20). The normalized spacial score (nSPS) is 19.9. The molecule has 1 fully saturated rings. The molecule has 22 heavy (non-hydrogen) atoms. The first-order valence-corrected chi connectivity index (χ1v) is 7.87. The van der Waals surface area contributed by atoms with Crippen LogP contribution in [0.15, 0.2) is 24.3 Å². The van der Waals surface area contributed by atoms with Gasteiger partial charge in [-0.1, -0.05) is 12.1 Å². The molecule has 0 aliphatic carbocycles. The highest BCUT2D eigenvalue weighted by Crippen LogP contribution is 2.25. The van der Waals surface area contributed by atoms with E-state index in [9.17, 15) is 4.79 Å². The average Bonchev–Trinajstić information content (AvgIpc) is 2.83. The van der Waals surface area contributed by atoms with E-state index in [4.69, 9.17) is 9.47 Å². The maximum atomic E-state index is 11.3. The molecular weight excluding hydrogens is 280 g/mol. The second-order valence-corrected chi connectivity index (χ2v) is 6.06. The molecule has 1 aromatic carbocycles. The predicted molar refractivity (Wildman–Crippen MR) is 85.9 cm³/mol. The smallest absolute Gasteiger partial charge is 0.257 e. The summed E-state index contributed by atoms with van der Waals surface area (Å²) >= 11 is 0. The van der Waals surface area contributed by atoms with Crippen LogP contribution >= 0.6 is 0 Å². The van der Waals surface area contributed by atoms with Crippen molar-refractivity contribution in [3.8, 4) is 5.75 Å². The number of likely N-dealkylation sites (N-methyl/N-ethyl adjacent to an activating group) is 1. The molecule has 0 saturated carbocycles. The average molecular weight is 306 g/mol. The lowest BCUT2D eigenvalue weighted by molar-refractivity contribution is -0.122. The molecule has 1 unspecified atom stereocenters. The number of amides is 1. The highest BCUT2D eigenvalue weighted by Gasteiger charge is 2.35. The van der Waals surface area contributed by atoms with Crippen LogP contribution in [0.4, 0.5) is 0 Å². The van der Waals surface area contributed by atoms with E-state index >= 15 is 0 Å². The van der Waals surface area contributed by atoms with Crippen LogP contribution in [0.5, 0.6) is 5.75 Å². The Morgan fingerprint density at radius 1 is 1.36 bits per heavy atom. The van der Waals surface area contributed by atoms with Gasteiger partial charge >= 0.3 is 0 Å². The minimum atomic E-state index is -0.101. The molecule has 1 atom stereocenters. The Labute approximate surface area is 132 Å². The Hall–Kier alpha value is -1.59. The molecule has 1 heterocycles. The van der Waals surface area contributed by atoms with Crippen LogP contribution in [0.3, 0.4) is 0 Å². The predicted octanol–water partition coefficient (Wildman–Crippen LogP) is 1.86. The first kappa shape index (κ1) is 16.8. The number of hydrogen-bond acceptors (Lipinski definition) is 4. The van der Waals surface area contributed by atoms with E-state index in [1.807, 2.05) is 31.2 Å². The maximum absolute atomic E-state index is 11.3. The van der Waals surface area contributed by atoms with Gasteiger partial charge in [0.25, 0.3) is 5.91 Å². The van der Waals surface area contributed by atoms with Gasteiger partial charge in [-0.2, -0.15) is 0 Å². The van der Waals surface area contributed by atoms with Crippen molar-refractivity contribution in [1.82, 2.24) is 10.6 Å². The summed E-state index contributed by atoms with van der Waals surface area (Å²) in [5.41, 5.74) is 1.09. The number of rotatable bonds is 7. The largest absolute Gasteiger partial charge is 0.484 e. The second-order valence-electron chi connectivity index (χ2n) is 6.06. The molecule has 1 aliphatic rings. The molecule has 1 amide bonds. The molecule has 2 N–H and O–H groups in total. The van der Waals surface area contributed by atoms with Crippen molar-refractivity contribution in [2.24, 2.45) is 0 Å². The molecule has 0 bridgehead atoms. The van der Waals surface area contributed by atoms with Crippen molar-refractivity contribution in [2.45, 2.75) is 45.4 Å². The Morgan fingerprint density at radius 2 is 2.09 bits per heavy atom. The number of benzene rings is 1. The summed E-state index contributed by atoms with van der Waals surface area (Å²) in [6, 6.07) is 8.20. The molecule has 0 spiro atoms. The third-order valence-electron chi connectivity index (χ3n) is 3.94. The molecule has 5 nitrogen and oxygen atoms in total. The van der Waals surface area contributed by atoms with Crippen LogP contribution in [0.1, 0.15) is 32.8 Å². The monoisotopic (exact) mass is 306 g/mol. The van der Waals surface area contributed by atoms with Gasteiger partial charge < -0.3 is 20.1 Å². The lowest BCUT2D eigenvalue weighted by Gasteiger charge is -2.26. The first-order chi connectivity index (χ1) is 10.5. The second kappa shape index (κ2) is 7.61. The zero-order valence-corrected chi connectivity index (χ0v) is 13.6. The molecular formula is C17H26N2O3. The summed E-state index contributed by atoms with van der Waals surface area (Å²) in [6.07, 6.45) is 1.04. The summed E-state index contributed by atoms with van der Waals surface area (Å²) < 4.78 is 11.1. The van der Waals surface area contributed by atoms with Crippen molar-refractivity contribution in [3.05, 3.63) is 29.8 Å². The van der Waals surface area contributed by atoms with E-state index in [2.05, 4.69) is 24.5 Å². The Kier molecular flexibility index (Phi) is 5.80. The van der Waals surface area contributed by atoms with Crippen LogP contribution in [0, 0.1) is 0 Å². The van der Waals surface area contributed by atoms with Crippen LogP contribution in [-0.4, -0.2) is 37.3 Å². The van der Waals surface area contributed by atoms with Gasteiger partial charge in [0.2, 0.25) is 0 Å². The Bertz CT molecular complexity index is 485. The molecule has 0 aromatic heterocycles. The van der Waals surface area contributed by atoms with E-state index in [1.54, 1.807) is 0 Å². The number of hydrogen-bond donors (Lipinski definition) is 2. The van der Waals surface area contributed by atoms with Gasteiger partial charge in [-0.25, -0.2) is 0 Å². The fourth-order valence-corrected chi connectivity index (χ4v) is 2.58. The van der Waals surface area contributed by atoms with Gasteiger partial charge in [-0.15, -0.1) is 0 Å². The van der Waals surface area contributed by atoms with Crippen LogP contribution in [0.2, 0.25) is 0 Å². The SMILES string of the molecule is CCNC(=O)COc1ccc(CNC2CCOC2(C)C)cc1. The van der Waals surface area contributed by atoms with Gasteiger partial charge in [0.1, 0.15) is 5.75 Å². The van der Waals surface area contributed by atoms with Crippen molar-refractivity contribution in [1.29, 1.82) is 0 Å². The molecule has 5 heteroatoms. The molecule has 1 saturated heterocycles. The Balaban J connectivity index is 1.78. The van der Waals surface area contributed by atoms with E-state index in [0.29, 0.717) is 18.3 Å². The number of ether oxygens (including phenoxy) is 2. The third kappa shape index (κ3) is 4.71. The molecule has 1 aromatic rings. The van der Waals surface area contributed by atoms with Crippen molar-refractivity contribution in [2.75, 3.05) is 19.8 Å². The Morgan fingerprint density at radius 3 is 2.68 bits per heavy atom. The fraction of sp³-hybridized carbons (Fsp3) is 0.588. The van der Waals surface area contributed by atoms with Crippen LogP contribution < -0.4 is 15.4 Å². The van der Waals surface area contributed by atoms with Gasteiger partial charge in [0, 0.05) is 25.7 Å². The number of nitrogens with one attached hydrogen (secondary N) is 2. The van der Waals surface area contributed by atoms with E-state index < -0.39 is 0 Å². The molecule has 2 rings (SSSR count). The number of carbonyl (C=O) groups excluding carboxylic acids is 1. The number of carbonyl (C=O) groups is 1. The highest BCUT2D eigenvalue weighted by molar-refractivity contribution is 5.77. The maximum Gasteiger partial charge on any atom is 0.257 e. The van der Waals surface area contributed by atoms with Crippen molar-refractivity contribution in [3.63, 3.8) is 0 Å². The highest BCUT2D eigenvalue weighted by atomic mass is 16.5. The zero-order chi connectivity index (χ0) is 16.0. The molecule has 1 aliphatic heterocycles. The topological polar surface area (TPSA) is 59.6 Å². The summed E-state index contributed by atoms with van der Waals surface area (Å²) in [4.78, 5) is 11.3. The lowest BCUT2D eigenvalue weighted by atomic mass is 9.99. The summed E-state index contributed by atoms with van der Waals surface area (Å²) in [6.45, 7) is 8.42. The van der Waals surface area contributed by atoms with Crippen LogP contribution in [0.25, 0.3) is 0 Å². The zero-order valence-electron chi connectivity index (χ0n) is 13.6. The third-order valence-corrected chi connectivity index (χ3v) is 3.94. The van der Waals surface area contributed by atoms with E-state index in [-0.39, 0.29) is 18.1 Å². The van der Waals surface area contributed by atoms with E-state index in [1.165, 1.54) is 5.56 Å². The van der Waals surface area contributed by atoms with Gasteiger partial charge in [-0.3, -0.25) is 4.79 Å². The van der Waals surface area contributed by atoms with Crippen molar-refractivity contribution >= 4 is 5.91 Å². The van der Waals surface area contributed by atoms with Gasteiger partial charge in [0.05, 0.1) is 5.60 Å². The lowest BCUT2D eigenvalue weighted by Crippen LogP contribution is -2.42. The molecule has 0 radical (unpaired) electrons. The van der Waals surface area contributed by atoms with E-state index in [0.717, 1.165) is 19.6 Å². The van der Waals surface area contributed by atoms with Gasteiger partial charge in [0.15, 0.2) is 6.61 Å². The van der Waals surface area contributed by atoms with Gasteiger partial charge in [-0.05, 0) is 44.9 Å². The summed E-state index contributed by atoms with van der Waals surface area (Å²) in [5.74, 6) is 0.608. The van der Waals surface area contributed by atoms with Crippen molar-refractivity contribution < 1.29 is 14.3 Å².